The van der Waals surface area contributed by atoms with E-state index in [-0.39, 0.29) is 11.8 Å². The Labute approximate surface area is 102 Å². The number of benzene rings is 2. The normalized spacial score (nSPS) is 12.4. The minimum Gasteiger partial charge on any atom is -0.508 e. The second-order valence-corrected chi connectivity index (χ2v) is 4.14. The first kappa shape index (κ1) is 11.7. The van der Waals surface area contributed by atoms with Crippen molar-refractivity contribution in [3.63, 3.8) is 0 Å². The van der Waals surface area contributed by atoms with Gasteiger partial charge in [-0.15, -0.1) is 0 Å². The standard InChI is InChI=1S/C15H17NO/c1-2-11-8-9-14(17)13(10-11)15(16)12-6-4-3-5-7-12/h3-10,15,17H,2,16H2,1H3. The molecule has 0 aliphatic carbocycles. The monoisotopic (exact) mass is 227 g/mol. The van der Waals surface area contributed by atoms with Gasteiger partial charge in [0.25, 0.3) is 0 Å². The molecule has 17 heavy (non-hydrogen) atoms. The molecule has 0 saturated heterocycles. The lowest BCUT2D eigenvalue weighted by Gasteiger charge is -2.15. The lowest BCUT2D eigenvalue weighted by molar-refractivity contribution is 0.465. The van der Waals surface area contributed by atoms with Crippen molar-refractivity contribution < 1.29 is 5.11 Å². The molecule has 2 aromatic rings. The van der Waals surface area contributed by atoms with Gasteiger partial charge in [0.15, 0.2) is 0 Å². The zero-order chi connectivity index (χ0) is 12.3. The van der Waals surface area contributed by atoms with Crippen LogP contribution in [0.5, 0.6) is 5.75 Å². The van der Waals surface area contributed by atoms with E-state index in [2.05, 4.69) is 6.92 Å². The Kier molecular flexibility index (Phi) is 3.45. The topological polar surface area (TPSA) is 46.2 Å². The van der Waals surface area contributed by atoms with Crippen LogP contribution in [0, 0.1) is 0 Å². The first-order valence-corrected chi connectivity index (χ1v) is 5.84. The molecule has 0 fully saturated rings. The Morgan fingerprint density at radius 2 is 1.82 bits per heavy atom. The molecule has 1 atom stereocenters. The lowest BCUT2D eigenvalue weighted by Crippen LogP contribution is -2.12. The third-order valence-corrected chi connectivity index (χ3v) is 2.99. The Bertz CT molecular complexity index is 494. The van der Waals surface area contributed by atoms with Crippen LogP contribution in [0.3, 0.4) is 0 Å². The van der Waals surface area contributed by atoms with Gasteiger partial charge in [-0.3, -0.25) is 0 Å². The molecule has 88 valence electrons. The predicted octanol–water partition coefficient (Wildman–Crippen LogP) is 3.00. The number of rotatable bonds is 3. The summed E-state index contributed by atoms with van der Waals surface area (Å²) < 4.78 is 0. The van der Waals surface area contributed by atoms with Crippen molar-refractivity contribution in [1.29, 1.82) is 0 Å². The van der Waals surface area contributed by atoms with E-state index >= 15 is 0 Å². The predicted molar refractivity (Wildman–Crippen MR) is 70.0 cm³/mol. The molecule has 0 saturated carbocycles. The van der Waals surface area contributed by atoms with Crippen molar-refractivity contribution >= 4 is 0 Å². The average molecular weight is 227 g/mol. The van der Waals surface area contributed by atoms with E-state index in [1.54, 1.807) is 6.07 Å². The van der Waals surface area contributed by atoms with E-state index in [4.69, 9.17) is 5.73 Å². The highest BCUT2D eigenvalue weighted by molar-refractivity contribution is 5.42. The summed E-state index contributed by atoms with van der Waals surface area (Å²) in [5, 5.41) is 9.88. The molecule has 2 aromatic carbocycles. The average Bonchev–Trinajstić information content (AvgIpc) is 2.39. The van der Waals surface area contributed by atoms with Crippen molar-refractivity contribution in [1.82, 2.24) is 0 Å². The third kappa shape index (κ3) is 2.48. The highest BCUT2D eigenvalue weighted by atomic mass is 16.3. The maximum atomic E-state index is 9.88. The molecular formula is C15H17NO. The zero-order valence-corrected chi connectivity index (χ0v) is 9.93. The molecule has 0 aromatic heterocycles. The quantitative estimate of drug-likeness (QED) is 0.846. The number of hydrogen-bond donors (Lipinski definition) is 2. The Morgan fingerprint density at radius 3 is 2.47 bits per heavy atom. The molecular weight excluding hydrogens is 210 g/mol. The van der Waals surface area contributed by atoms with Crippen molar-refractivity contribution in [2.75, 3.05) is 0 Å². The van der Waals surface area contributed by atoms with E-state index in [1.807, 2.05) is 42.5 Å². The minimum atomic E-state index is -0.275. The first-order valence-electron chi connectivity index (χ1n) is 5.84. The number of aryl methyl sites for hydroxylation is 1. The fourth-order valence-electron chi connectivity index (χ4n) is 1.91. The van der Waals surface area contributed by atoms with Crippen LogP contribution in [-0.2, 0) is 6.42 Å². The number of phenols is 1. The molecule has 1 unspecified atom stereocenters. The van der Waals surface area contributed by atoms with Crippen LogP contribution in [0.2, 0.25) is 0 Å². The molecule has 0 aliphatic rings. The highest BCUT2D eigenvalue weighted by Gasteiger charge is 2.13. The number of aromatic hydroxyl groups is 1. The second kappa shape index (κ2) is 5.02. The Hall–Kier alpha value is -1.80. The van der Waals surface area contributed by atoms with Gasteiger partial charge in [-0.1, -0.05) is 49.4 Å². The van der Waals surface area contributed by atoms with Crippen LogP contribution in [0.1, 0.15) is 29.7 Å². The van der Waals surface area contributed by atoms with Gasteiger partial charge in [0.05, 0.1) is 6.04 Å². The fraction of sp³-hybridized carbons (Fsp3) is 0.200. The molecule has 0 bridgehead atoms. The highest BCUT2D eigenvalue weighted by Crippen LogP contribution is 2.28. The first-order chi connectivity index (χ1) is 8.22. The second-order valence-electron chi connectivity index (χ2n) is 4.14. The van der Waals surface area contributed by atoms with Gasteiger partial charge in [0.2, 0.25) is 0 Å². The summed E-state index contributed by atoms with van der Waals surface area (Å²) in [6.07, 6.45) is 0.939. The number of hydrogen-bond acceptors (Lipinski definition) is 2. The van der Waals surface area contributed by atoms with Gasteiger partial charge in [-0.05, 0) is 23.6 Å². The van der Waals surface area contributed by atoms with E-state index in [1.165, 1.54) is 5.56 Å². The lowest BCUT2D eigenvalue weighted by atomic mass is 9.96. The van der Waals surface area contributed by atoms with Crippen LogP contribution in [0.4, 0.5) is 0 Å². The smallest absolute Gasteiger partial charge is 0.120 e. The molecule has 2 nitrogen and oxygen atoms in total. The molecule has 2 rings (SSSR count). The molecule has 0 spiro atoms. The van der Waals surface area contributed by atoms with Crippen LogP contribution >= 0.6 is 0 Å². The SMILES string of the molecule is CCc1ccc(O)c(C(N)c2ccccc2)c1. The van der Waals surface area contributed by atoms with Gasteiger partial charge >= 0.3 is 0 Å². The van der Waals surface area contributed by atoms with Gasteiger partial charge < -0.3 is 10.8 Å². The number of nitrogens with two attached hydrogens (primary N) is 1. The summed E-state index contributed by atoms with van der Waals surface area (Å²) in [7, 11) is 0. The van der Waals surface area contributed by atoms with E-state index < -0.39 is 0 Å². The van der Waals surface area contributed by atoms with E-state index in [9.17, 15) is 5.11 Å². The maximum absolute atomic E-state index is 9.88. The minimum absolute atomic E-state index is 0.263. The Balaban J connectivity index is 2.40. The van der Waals surface area contributed by atoms with E-state index in [0.717, 1.165) is 17.5 Å². The Morgan fingerprint density at radius 1 is 1.12 bits per heavy atom. The summed E-state index contributed by atoms with van der Waals surface area (Å²) in [6, 6.07) is 15.2. The van der Waals surface area contributed by atoms with Gasteiger partial charge in [-0.25, -0.2) is 0 Å². The van der Waals surface area contributed by atoms with Gasteiger partial charge in [0.1, 0.15) is 5.75 Å². The molecule has 0 heterocycles. The van der Waals surface area contributed by atoms with Crippen LogP contribution < -0.4 is 5.73 Å². The van der Waals surface area contributed by atoms with Gasteiger partial charge in [0, 0.05) is 5.56 Å². The summed E-state index contributed by atoms with van der Waals surface area (Å²) in [4.78, 5) is 0. The zero-order valence-electron chi connectivity index (χ0n) is 9.93. The van der Waals surface area contributed by atoms with Gasteiger partial charge in [-0.2, -0.15) is 0 Å². The maximum Gasteiger partial charge on any atom is 0.120 e. The van der Waals surface area contributed by atoms with Crippen LogP contribution in [-0.4, -0.2) is 5.11 Å². The number of phenolic OH excluding ortho intramolecular Hbond substituents is 1. The molecule has 2 heteroatoms. The summed E-state index contributed by atoms with van der Waals surface area (Å²) in [6.45, 7) is 2.09. The molecule has 0 aliphatic heterocycles. The van der Waals surface area contributed by atoms with Crippen molar-refractivity contribution in [3.05, 3.63) is 65.2 Å². The van der Waals surface area contributed by atoms with E-state index in [0.29, 0.717) is 0 Å². The summed E-state index contributed by atoms with van der Waals surface area (Å²) in [5.41, 5.74) is 9.16. The van der Waals surface area contributed by atoms with Crippen molar-refractivity contribution in [3.8, 4) is 5.75 Å². The largest absolute Gasteiger partial charge is 0.508 e. The van der Waals surface area contributed by atoms with Crippen molar-refractivity contribution in [2.24, 2.45) is 5.73 Å². The van der Waals surface area contributed by atoms with Crippen LogP contribution in [0.25, 0.3) is 0 Å². The molecule has 3 N–H and O–H groups in total. The van der Waals surface area contributed by atoms with Crippen molar-refractivity contribution in [2.45, 2.75) is 19.4 Å². The van der Waals surface area contributed by atoms with Crippen LogP contribution in [0.15, 0.2) is 48.5 Å². The molecule has 0 amide bonds. The third-order valence-electron chi connectivity index (χ3n) is 2.99. The molecule has 0 radical (unpaired) electrons. The fourth-order valence-corrected chi connectivity index (χ4v) is 1.91. The summed E-state index contributed by atoms with van der Waals surface area (Å²) >= 11 is 0. The summed E-state index contributed by atoms with van der Waals surface area (Å²) in [5.74, 6) is 0.263.